The highest BCUT2D eigenvalue weighted by molar-refractivity contribution is 5.81. The number of hydrogen-bond acceptors (Lipinski definition) is 7. The number of imidazole rings is 1. The molecule has 0 aliphatic heterocycles. The first-order valence-corrected chi connectivity index (χ1v) is 10.7. The first-order valence-electron chi connectivity index (χ1n) is 10.7. The van der Waals surface area contributed by atoms with Crippen LogP contribution in [0.2, 0.25) is 0 Å². The van der Waals surface area contributed by atoms with E-state index in [1.807, 2.05) is 49.4 Å². The highest BCUT2D eigenvalue weighted by atomic mass is 16.5. The van der Waals surface area contributed by atoms with Crippen LogP contribution in [0, 0.1) is 0 Å². The van der Waals surface area contributed by atoms with E-state index in [0.29, 0.717) is 29.6 Å². The van der Waals surface area contributed by atoms with E-state index in [1.165, 1.54) is 9.13 Å². The molecular formula is C24H26N6O4. The Morgan fingerprint density at radius 2 is 1.82 bits per heavy atom. The lowest BCUT2D eigenvalue weighted by Crippen LogP contribution is -2.39. The summed E-state index contributed by atoms with van der Waals surface area (Å²) >= 11 is 0. The Morgan fingerprint density at radius 3 is 2.53 bits per heavy atom. The Balaban J connectivity index is 1.65. The topological polar surface area (TPSA) is 105 Å². The van der Waals surface area contributed by atoms with Crippen LogP contribution in [0.15, 0.2) is 63.2 Å². The van der Waals surface area contributed by atoms with Crippen molar-refractivity contribution in [1.29, 1.82) is 0 Å². The number of nitrogens with one attached hydrogen (secondary N) is 1. The Bertz CT molecular complexity index is 1470. The van der Waals surface area contributed by atoms with Gasteiger partial charge in [-0.3, -0.25) is 13.9 Å². The molecule has 4 rings (SSSR count). The Hall–Kier alpha value is -4.34. The standard InChI is InChI=1S/C24H26N6O4/c1-5-34-18-12-11-17(13-19(18)33-4)14-25-27-23-26-21-20(28(23)2)22(31)30(24(32)29(21)3)15-16-9-7-6-8-10-16/h6-14H,5,15H2,1-4H3,(H,26,27). The van der Waals surface area contributed by atoms with Crippen LogP contribution in [0.3, 0.4) is 0 Å². The number of aryl methyl sites for hydroxylation is 2. The van der Waals surface area contributed by atoms with Crippen LogP contribution in [-0.2, 0) is 20.6 Å². The van der Waals surface area contributed by atoms with Gasteiger partial charge in [0.1, 0.15) is 0 Å². The summed E-state index contributed by atoms with van der Waals surface area (Å²) in [6.45, 7) is 2.61. The van der Waals surface area contributed by atoms with Crippen molar-refractivity contribution in [2.75, 3.05) is 19.1 Å². The number of aromatic nitrogens is 4. The van der Waals surface area contributed by atoms with Gasteiger partial charge in [0.05, 0.1) is 26.5 Å². The van der Waals surface area contributed by atoms with E-state index in [4.69, 9.17) is 9.47 Å². The lowest BCUT2D eigenvalue weighted by atomic mass is 10.2. The molecule has 0 aliphatic carbocycles. The van der Waals surface area contributed by atoms with E-state index in [1.54, 1.807) is 38.1 Å². The molecule has 4 aromatic rings. The minimum Gasteiger partial charge on any atom is -0.493 e. The zero-order chi connectivity index (χ0) is 24.2. The normalized spacial score (nSPS) is 11.3. The molecule has 0 atom stereocenters. The summed E-state index contributed by atoms with van der Waals surface area (Å²) < 4.78 is 15.1. The molecule has 1 N–H and O–H groups in total. The van der Waals surface area contributed by atoms with Gasteiger partial charge in [-0.2, -0.15) is 10.1 Å². The largest absolute Gasteiger partial charge is 0.493 e. The van der Waals surface area contributed by atoms with Crippen molar-refractivity contribution < 1.29 is 9.47 Å². The number of rotatable bonds is 8. The third kappa shape index (κ3) is 4.29. The van der Waals surface area contributed by atoms with Gasteiger partial charge < -0.3 is 14.0 Å². The third-order valence-corrected chi connectivity index (χ3v) is 5.41. The molecule has 0 aliphatic rings. The molecule has 176 valence electrons. The van der Waals surface area contributed by atoms with Crippen LogP contribution in [0.1, 0.15) is 18.1 Å². The highest BCUT2D eigenvalue weighted by Crippen LogP contribution is 2.27. The van der Waals surface area contributed by atoms with Gasteiger partial charge >= 0.3 is 5.69 Å². The summed E-state index contributed by atoms with van der Waals surface area (Å²) in [5.41, 5.74) is 4.23. The lowest BCUT2D eigenvalue weighted by Gasteiger charge is -2.09. The zero-order valence-corrected chi connectivity index (χ0v) is 19.5. The van der Waals surface area contributed by atoms with E-state index in [2.05, 4.69) is 15.5 Å². The summed E-state index contributed by atoms with van der Waals surface area (Å²) in [6.07, 6.45) is 1.60. The van der Waals surface area contributed by atoms with Crippen molar-refractivity contribution in [1.82, 2.24) is 18.7 Å². The number of ether oxygens (including phenoxy) is 2. The molecule has 0 saturated carbocycles. The van der Waals surface area contributed by atoms with Crippen LogP contribution in [0.4, 0.5) is 5.95 Å². The maximum absolute atomic E-state index is 13.2. The number of benzene rings is 2. The van der Waals surface area contributed by atoms with Gasteiger partial charge in [-0.1, -0.05) is 30.3 Å². The molecule has 0 amide bonds. The molecule has 0 fully saturated rings. The van der Waals surface area contributed by atoms with Crippen LogP contribution in [-0.4, -0.2) is 38.6 Å². The summed E-state index contributed by atoms with van der Waals surface area (Å²) in [6, 6.07) is 14.8. The number of hydrogen-bond donors (Lipinski definition) is 1. The summed E-state index contributed by atoms with van der Waals surface area (Å²) in [5, 5.41) is 4.24. The molecule has 0 spiro atoms. The van der Waals surface area contributed by atoms with Crippen molar-refractivity contribution in [3.05, 3.63) is 80.5 Å². The Labute approximate surface area is 195 Å². The van der Waals surface area contributed by atoms with Crippen molar-refractivity contribution in [2.45, 2.75) is 13.5 Å². The maximum atomic E-state index is 13.2. The number of anilines is 1. The first kappa shape index (κ1) is 22.8. The van der Waals surface area contributed by atoms with Crippen LogP contribution < -0.4 is 26.1 Å². The fourth-order valence-electron chi connectivity index (χ4n) is 3.65. The van der Waals surface area contributed by atoms with Gasteiger partial charge in [0.25, 0.3) is 5.56 Å². The fourth-order valence-corrected chi connectivity index (χ4v) is 3.65. The third-order valence-electron chi connectivity index (χ3n) is 5.41. The molecular weight excluding hydrogens is 436 g/mol. The van der Waals surface area contributed by atoms with Crippen molar-refractivity contribution in [3.63, 3.8) is 0 Å². The summed E-state index contributed by atoms with van der Waals surface area (Å²) in [7, 11) is 4.87. The quantitative estimate of drug-likeness (QED) is 0.318. The fraction of sp³-hybridized carbons (Fsp3) is 0.250. The van der Waals surface area contributed by atoms with E-state index in [0.717, 1.165) is 11.1 Å². The molecule has 0 saturated heterocycles. The number of nitrogens with zero attached hydrogens (tertiary/aromatic N) is 5. The monoisotopic (exact) mass is 462 g/mol. The van der Waals surface area contributed by atoms with Gasteiger partial charge in [-0.25, -0.2) is 10.2 Å². The first-order chi connectivity index (χ1) is 16.4. The molecule has 0 unspecified atom stereocenters. The average Bonchev–Trinajstić information content (AvgIpc) is 3.18. The van der Waals surface area contributed by atoms with Gasteiger partial charge in [0, 0.05) is 14.1 Å². The predicted octanol–water partition coefficient (Wildman–Crippen LogP) is 2.34. The number of methoxy groups -OCH3 is 1. The smallest absolute Gasteiger partial charge is 0.332 e. The van der Waals surface area contributed by atoms with E-state index >= 15 is 0 Å². The van der Waals surface area contributed by atoms with Gasteiger partial charge in [-0.05, 0) is 36.2 Å². The van der Waals surface area contributed by atoms with Crippen molar-refractivity contribution >= 4 is 23.3 Å². The Kier molecular flexibility index (Phi) is 6.48. The lowest BCUT2D eigenvalue weighted by molar-refractivity contribution is 0.311. The van der Waals surface area contributed by atoms with Gasteiger partial charge in [0.15, 0.2) is 22.7 Å². The van der Waals surface area contributed by atoms with E-state index in [9.17, 15) is 9.59 Å². The molecule has 34 heavy (non-hydrogen) atoms. The molecule has 2 aromatic carbocycles. The van der Waals surface area contributed by atoms with Gasteiger partial charge in [0.2, 0.25) is 5.95 Å². The van der Waals surface area contributed by atoms with Crippen LogP contribution >= 0.6 is 0 Å². The molecule has 2 aromatic heterocycles. The summed E-state index contributed by atoms with van der Waals surface area (Å²) in [4.78, 5) is 30.5. The van der Waals surface area contributed by atoms with Gasteiger partial charge in [-0.15, -0.1) is 0 Å². The SMILES string of the molecule is CCOc1ccc(C=NNc2nc3c(c(=O)n(Cc4ccccc4)c(=O)n3C)n2C)cc1OC. The van der Waals surface area contributed by atoms with Crippen LogP contribution in [0.5, 0.6) is 11.5 Å². The van der Waals surface area contributed by atoms with Crippen molar-refractivity contribution in [3.8, 4) is 11.5 Å². The highest BCUT2D eigenvalue weighted by Gasteiger charge is 2.18. The number of fused-ring (bicyclic) bond motifs is 1. The second-order valence-corrected chi connectivity index (χ2v) is 7.60. The summed E-state index contributed by atoms with van der Waals surface area (Å²) in [5.74, 6) is 1.58. The van der Waals surface area contributed by atoms with E-state index < -0.39 is 11.2 Å². The average molecular weight is 463 g/mol. The molecule has 0 radical (unpaired) electrons. The Morgan fingerprint density at radius 1 is 1.06 bits per heavy atom. The van der Waals surface area contributed by atoms with Crippen molar-refractivity contribution in [2.24, 2.45) is 19.2 Å². The molecule has 10 heteroatoms. The minimum atomic E-state index is -0.434. The maximum Gasteiger partial charge on any atom is 0.332 e. The molecule has 0 bridgehead atoms. The molecule has 10 nitrogen and oxygen atoms in total. The minimum absolute atomic E-state index is 0.175. The zero-order valence-electron chi connectivity index (χ0n) is 19.5. The van der Waals surface area contributed by atoms with E-state index in [-0.39, 0.29) is 12.2 Å². The second kappa shape index (κ2) is 9.65. The molecule has 2 heterocycles. The predicted molar refractivity (Wildman–Crippen MR) is 131 cm³/mol. The second-order valence-electron chi connectivity index (χ2n) is 7.60. The number of hydrazone groups is 1. The van der Waals surface area contributed by atoms with Crippen LogP contribution in [0.25, 0.3) is 11.2 Å².